The lowest BCUT2D eigenvalue weighted by atomic mass is 9.85. The maximum Gasteiger partial charge on any atom is 0.472 e. The summed E-state index contributed by atoms with van der Waals surface area (Å²) >= 11 is 0. The van der Waals surface area contributed by atoms with Gasteiger partial charge in [0, 0.05) is 12.3 Å². The van der Waals surface area contributed by atoms with Crippen LogP contribution in [0.25, 0.3) is 0 Å². The second kappa shape index (κ2) is 28.4. The van der Waals surface area contributed by atoms with Crippen molar-refractivity contribution in [2.24, 2.45) is 0 Å². The van der Waals surface area contributed by atoms with Gasteiger partial charge in [0.15, 0.2) is 6.10 Å². The zero-order chi connectivity index (χ0) is 43.6. The van der Waals surface area contributed by atoms with E-state index < -0.39 is 91.3 Å². The van der Waals surface area contributed by atoms with Crippen molar-refractivity contribution in [3.63, 3.8) is 0 Å². The molecular formula is C36H51O19P3. The number of esters is 2. The molecule has 0 spiro atoms. The van der Waals surface area contributed by atoms with E-state index in [0.29, 0.717) is 12.8 Å². The predicted molar refractivity (Wildman–Crippen MR) is 204 cm³/mol. The van der Waals surface area contributed by atoms with Gasteiger partial charge in [-0.15, -0.1) is 6.42 Å². The molecule has 1 saturated carbocycles. The largest absolute Gasteiger partial charge is 0.472 e. The van der Waals surface area contributed by atoms with Gasteiger partial charge in [-0.05, 0) is 53.8 Å². The lowest BCUT2D eigenvalue weighted by Gasteiger charge is -2.44. The molecule has 0 aromatic rings. The predicted octanol–water partition coefficient (Wildman–Crippen LogP) is 2.12. The minimum Gasteiger partial charge on any atom is -0.456 e. The third-order valence-corrected chi connectivity index (χ3v) is 10.0. The molecule has 1 aliphatic carbocycles. The average Bonchev–Trinajstić information content (AvgIpc) is 3.14. The van der Waals surface area contributed by atoms with E-state index in [4.69, 9.17) is 34.7 Å². The van der Waals surface area contributed by atoms with Gasteiger partial charge in [0.05, 0.1) is 6.61 Å². The van der Waals surface area contributed by atoms with E-state index in [2.05, 4.69) is 57.4 Å². The van der Waals surface area contributed by atoms with Crippen LogP contribution in [0.3, 0.4) is 0 Å². The maximum atomic E-state index is 12.9. The molecule has 1 rings (SSSR count). The van der Waals surface area contributed by atoms with Crippen LogP contribution in [0.2, 0.25) is 0 Å². The molecule has 22 heteroatoms. The van der Waals surface area contributed by atoms with E-state index in [9.17, 15) is 53.3 Å². The Labute approximate surface area is 338 Å². The highest BCUT2D eigenvalue weighted by atomic mass is 31.2. The molecule has 0 radical (unpaired) electrons. The molecule has 0 amide bonds. The Hall–Kier alpha value is -3.05. The van der Waals surface area contributed by atoms with Crippen LogP contribution in [0, 0.1) is 59.7 Å². The van der Waals surface area contributed by atoms with Crippen LogP contribution in [0.1, 0.15) is 96.8 Å². The summed E-state index contributed by atoms with van der Waals surface area (Å²) in [6.07, 6.45) is 2.00. The first kappa shape index (κ1) is 53.0. The van der Waals surface area contributed by atoms with Crippen molar-refractivity contribution in [3.8, 4) is 59.7 Å². The fourth-order valence-electron chi connectivity index (χ4n) is 5.34. The molecule has 8 N–H and O–H groups in total. The first-order valence-corrected chi connectivity index (χ1v) is 22.9. The number of hydrogen-bond acceptors (Lipinski definition) is 14. The quantitative estimate of drug-likeness (QED) is 0.0203. The molecule has 0 saturated heterocycles. The number of unbranched alkanes of at least 4 members (excludes halogenated alkanes) is 12. The smallest absolute Gasteiger partial charge is 0.456 e. The van der Waals surface area contributed by atoms with E-state index in [1.807, 2.05) is 11.8 Å². The molecule has 0 aromatic carbocycles. The highest BCUT2D eigenvalue weighted by molar-refractivity contribution is 7.47. The summed E-state index contributed by atoms with van der Waals surface area (Å²) in [5.74, 6) is 17.9. The van der Waals surface area contributed by atoms with Crippen LogP contribution < -0.4 is 0 Å². The molecule has 324 valence electrons. The van der Waals surface area contributed by atoms with Gasteiger partial charge in [0.1, 0.15) is 43.2 Å². The molecule has 0 bridgehead atoms. The number of terminal acetylenes is 1. The Bertz CT molecular complexity index is 1740. The molecule has 8 atom stereocenters. The van der Waals surface area contributed by atoms with Crippen molar-refractivity contribution < 1.29 is 90.6 Å². The summed E-state index contributed by atoms with van der Waals surface area (Å²) in [6, 6.07) is 0. The van der Waals surface area contributed by atoms with E-state index in [1.54, 1.807) is 0 Å². The normalized spacial score (nSPS) is 21.7. The molecule has 0 heterocycles. The number of hydrogen-bond donors (Lipinski definition) is 8. The summed E-state index contributed by atoms with van der Waals surface area (Å²) in [4.78, 5) is 72.1. The number of aliphatic hydroxyl groups is 3. The number of aliphatic hydroxyl groups excluding tert-OH is 3. The van der Waals surface area contributed by atoms with Gasteiger partial charge in [0.25, 0.3) is 0 Å². The second-order valence-corrected chi connectivity index (χ2v) is 16.6. The topological polar surface area (TPSA) is 303 Å². The lowest BCUT2D eigenvalue weighted by Crippen LogP contribution is -2.65. The monoisotopic (exact) mass is 880 g/mol. The fourth-order valence-corrected chi connectivity index (χ4v) is 7.44. The van der Waals surface area contributed by atoms with Crippen LogP contribution in [-0.4, -0.2) is 108 Å². The zero-order valence-corrected chi connectivity index (χ0v) is 34.5. The summed E-state index contributed by atoms with van der Waals surface area (Å²) in [7, 11) is -16.7. The summed E-state index contributed by atoms with van der Waals surface area (Å²) in [6.45, 7) is 0.379. The van der Waals surface area contributed by atoms with Gasteiger partial charge in [-0.2, -0.15) is 0 Å². The number of carbonyl (C=O) groups excluding carboxylic acids is 2. The fraction of sp³-hybridized carbons (Fsp3) is 0.667. The molecule has 1 aliphatic rings. The molecular weight excluding hydrogens is 829 g/mol. The Morgan fingerprint density at radius 2 is 1.05 bits per heavy atom. The van der Waals surface area contributed by atoms with Gasteiger partial charge in [-0.1, -0.05) is 84.0 Å². The third kappa shape index (κ3) is 24.8. The summed E-state index contributed by atoms with van der Waals surface area (Å²) in [5, 5.41) is 31.6. The Kier molecular flexibility index (Phi) is 26.0. The van der Waals surface area contributed by atoms with Gasteiger partial charge in [-0.25, -0.2) is 18.5 Å². The minimum atomic E-state index is -5.62. The summed E-state index contributed by atoms with van der Waals surface area (Å²) in [5.41, 5.74) is 0. The number of phosphoric acid groups is 3. The van der Waals surface area contributed by atoms with E-state index in [-0.39, 0.29) is 6.42 Å². The van der Waals surface area contributed by atoms with Crippen LogP contribution in [0.4, 0.5) is 0 Å². The van der Waals surface area contributed by atoms with E-state index in [0.717, 1.165) is 25.7 Å². The highest BCUT2D eigenvalue weighted by Gasteiger charge is 2.56. The maximum absolute atomic E-state index is 12.9. The standard InChI is InChI=1S/C36H51O19P3/c1-3-5-7-9-11-13-14-15-16-17-19-21-23-25-30(38)52-28(26-50-29(37)24-22-20-18-12-10-8-6-4-2)27-51-58(48,49)55-34-31(39)32(40)35(53-56(42,43)44)36(33(34)41)54-57(45,46)47/h2,28,31-36,39-41H,3,5,7,9,11,13-17,19,21,23,25-27H2,1H3,(H,48,49)(H2,42,43,44)(H2,45,46,47)/t28-,31?,32?,33+,34?,35?,36?/m0/s1. The van der Waals surface area contributed by atoms with Crippen molar-refractivity contribution in [2.45, 2.75) is 140 Å². The Morgan fingerprint density at radius 3 is 1.55 bits per heavy atom. The number of rotatable bonds is 26. The second-order valence-electron chi connectivity index (χ2n) is 12.8. The molecule has 0 aliphatic heterocycles. The SMILES string of the molecule is C#CC#CC#CC#CC#CC(=O)OC[C@@H](COP(=O)(O)OC1C(O)C(O)C(OP(=O)(O)O)C(OP(=O)(O)O)[C@@H]1O)OC(=O)CCCCCCCCCCCCCCC. The van der Waals surface area contributed by atoms with Crippen molar-refractivity contribution >= 4 is 35.4 Å². The van der Waals surface area contributed by atoms with Crippen molar-refractivity contribution in [1.82, 2.24) is 0 Å². The van der Waals surface area contributed by atoms with Gasteiger partial charge in [0.2, 0.25) is 0 Å². The molecule has 1 fully saturated rings. The Balaban J connectivity index is 2.92. The van der Waals surface area contributed by atoms with Gasteiger partial charge >= 0.3 is 35.4 Å². The number of carbonyl (C=O) groups is 2. The minimum absolute atomic E-state index is 0.0746. The van der Waals surface area contributed by atoms with Gasteiger partial charge in [-0.3, -0.25) is 22.9 Å². The summed E-state index contributed by atoms with van der Waals surface area (Å²) < 4.78 is 64.3. The first-order chi connectivity index (χ1) is 27.3. The van der Waals surface area contributed by atoms with Crippen molar-refractivity contribution in [3.05, 3.63) is 0 Å². The average molecular weight is 881 g/mol. The van der Waals surface area contributed by atoms with E-state index >= 15 is 0 Å². The Morgan fingerprint density at radius 1 is 0.603 bits per heavy atom. The number of ether oxygens (including phenoxy) is 2. The van der Waals surface area contributed by atoms with Crippen molar-refractivity contribution in [1.29, 1.82) is 0 Å². The molecule has 0 aromatic heterocycles. The number of phosphoric ester groups is 3. The van der Waals surface area contributed by atoms with Crippen LogP contribution in [0.15, 0.2) is 0 Å². The van der Waals surface area contributed by atoms with Crippen LogP contribution >= 0.6 is 23.5 Å². The molecule has 6 unspecified atom stereocenters. The van der Waals surface area contributed by atoms with Crippen molar-refractivity contribution in [2.75, 3.05) is 13.2 Å². The van der Waals surface area contributed by atoms with E-state index in [1.165, 1.54) is 44.9 Å². The highest BCUT2D eigenvalue weighted by Crippen LogP contribution is 2.51. The molecule has 19 nitrogen and oxygen atoms in total. The molecule has 58 heavy (non-hydrogen) atoms. The lowest BCUT2D eigenvalue weighted by molar-refractivity contribution is -0.213. The zero-order valence-electron chi connectivity index (χ0n) is 31.8. The van der Waals surface area contributed by atoms with Crippen LogP contribution in [-0.2, 0) is 50.9 Å². The first-order valence-electron chi connectivity index (χ1n) is 18.3. The van der Waals surface area contributed by atoms with Gasteiger partial charge < -0.3 is 49.3 Å². The van der Waals surface area contributed by atoms with Crippen LogP contribution in [0.5, 0.6) is 0 Å². The third-order valence-electron chi connectivity index (χ3n) is 8.01.